The summed E-state index contributed by atoms with van der Waals surface area (Å²) in [6.45, 7) is 3.63. The van der Waals surface area contributed by atoms with E-state index in [-0.39, 0.29) is 11.9 Å². The van der Waals surface area contributed by atoms with Crippen LogP contribution >= 0.6 is 0 Å². The van der Waals surface area contributed by atoms with E-state index in [1.54, 1.807) is 37.3 Å². The van der Waals surface area contributed by atoms with Gasteiger partial charge >= 0.3 is 0 Å². The Hall–Kier alpha value is -1.54. The van der Waals surface area contributed by atoms with Crippen molar-refractivity contribution < 1.29 is 15.3 Å². The first-order chi connectivity index (χ1) is 8.49. The van der Waals surface area contributed by atoms with Crippen LogP contribution in [-0.4, -0.2) is 21.4 Å². The second kappa shape index (κ2) is 7.02. The van der Waals surface area contributed by atoms with Crippen molar-refractivity contribution in [2.45, 2.75) is 38.9 Å². The molecule has 98 valence electrons. The van der Waals surface area contributed by atoms with Gasteiger partial charge in [0.15, 0.2) is 0 Å². The molecule has 0 saturated heterocycles. The minimum absolute atomic E-state index is 0.189. The first kappa shape index (κ1) is 14.5. The summed E-state index contributed by atoms with van der Waals surface area (Å²) in [5, 5.41) is 28.2. The van der Waals surface area contributed by atoms with Crippen molar-refractivity contribution in [3.63, 3.8) is 0 Å². The van der Waals surface area contributed by atoms with Gasteiger partial charge in [-0.05, 0) is 43.2 Å². The topological polar surface area (TPSA) is 60.7 Å². The highest BCUT2D eigenvalue weighted by atomic mass is 16.3. The zero-order valence-electron chi connectivity index (χ0n) is 10.8. The molecular formula is C15H20O3. The molecule has 0 aliphatic heterocycles. The molecule has 1 aromatic carbocycles. The van der Waals surface area contributed by atoms with Gasteiger partial charge in [-0.25, -0.2) is 0 Å². The maximum Gasteiger partial charge on any atom is 0.115 e. The molecule has 3 nitrogen and oxygen atoms in total. The van der Waals surface area contributed by atoms with Crippen LogP contribution in [0.15, 0.2) is 41.6 Å². The van der Waals surface area contributed by atoms with Crippen LogP contribution in [0.25, 0.3) is 0 Å². The molecule has 0 heterocycles. The lowest BCUT2D eigenvalue weighted by molar-refractivity contribution is 0.181. The van der Waals surface area contributed by atoms with Crippen LogP contribution in [0.4, 0.5) is 0 Å². The Morgan fingerprint density at radius 3 is 2.44 bits per heavy atom. The van der Waals surface area contributed by atoms with Gasteiger partial charge in [0.2, 0.25) is 0 Å². The van der Waals surface area contributed by atoms with E-state index in [9.17, 15) is 10.2 Å². The average Bonchev–Trinajstić information content (AvgIpc) is 2.28. The third-order valence-corrected chi connectivity index (χ3v) is 2.57. The van der Waals surface area contributed by atoms with Crippen molar-refractivity contribution >= 4 is 0 Å². The summed E-state index contributed by atoms with van der Waals surface area (Å²) < 4.78 is 0. The van der Waals surface area contributed by atoms with Crippen LogP contribution in [0.2, 0.25) is 0 Å². The van der Waals surface area contributed by atoms with E-state index >= 15 is 0 Å². The maximum atomic E-state index is 9.89. The van der Waals surface area contributed by atoms with Crippen molar-refractivity contribution in [2.75, 3.05) is 0 Å². The van der Waals surface area contributed by atoms with Gasteiger partial charge in [-0.15, -0.1) is 5.73 Å². The minimum Gasteiger partial charge on any atom is -0.508 e. The number of rotatable bonds is 5. The fraction of sp³-hybridized carbons (Fsp3) is 0.400. The Balaban J connectivity index is 2.58. The number of hydrogen-bond donors (Lipinski definition) is 3. The van der Waals surface area contributed by atoms with Crippen molar-refractivity contribution in [2.24, 2.45) is 0 Å². The Kier molecular flexibility index (Phi) is 5.66. The summed E-state index contributed by atoms with van der Waals surface area (Å²) in [6, 6.07) is 6.49. The van der Waals surface area contributed by atoms with Crippen LogP contribution in [0, 0.1) is 0 Å². The summed E-state index contributed by atoms with van der Waals surface area (Å²) in [5.41, 5.74) is 4.77. The van der Waals surface area contributed by atoms with E-state index < -0.39 is 6.10 Å². The number of aromatic hydroxyl groups is 1. The standard InChI is InChI=1S/C15H20O3/c1-11(10-12(2)16)4-3-5-15(18)13-6-8-14(17)9-7-13/h3,6-9,12,15-18H,5,10H2,1-2H3/t4?,12-,15+/m0/s1. The number of phenols is 1. The molecule has 1 aromatic rings. The normalized spacial score (nSPS) is 13.6. The SMILES string of the molecule is CC(=C=CC[C@@H](O)c1ccc(O)cc1)C[C@H](C)O. The van der Waals surface area contributed by atoms with Crippen molar-refractivity contribution in [1.29, 1.82) is 0 Å². The predicted octanol–water partition coefficient (Wildman–Crippen LogP) is 2.69. The predicted molar refractivity (Wildman–Crippen MR) is 71.3 cm³/mol. The average molecular weight is 248 g/mol. The van der Waals surface area contributed by atoms with Crippen LogP contribution in [0.1, 0.15) is 38.4 Å². The number of aliphatic hydroxyl groups excluding tert-OH is 2. The highest BCUT2D eigenvalue weighted by molar-refractivity contribution is 5.27. The Bertz CT molecular complexity index is 426. The third kappa shape index (κ3) is 5.19. The van der Waals surface area contributed by atoms with E-state index in [2.05, 4.69) is 5.73 Å². The summed E-state index contributed by atoms with van der Waals surface area (Å²) in [5.74, 6) is 0.189. The highest BCUT2D eigenvalue weighted by Gasteiger charge is 2.04. The lowest BCUT2D eigenvalue weighted by atomic mass is 10.1. The van der Waals surface area contributed by atoms with E-state index in [1.165, 1.54) is 0 Å². The monoisotopic (exact) mass is 248 g/mol. The Morgan fingerprint density at radius 2 is 1.89 bits per heavy atom. The lowest BCUT2D eigenvalue weighted by Gasteiger charge is -2.07. The number of aliphatic hydroxyl groups is 2. The Labute approximate surface area is 108 Å². The van der Waals surface area contributed by atoms with Gasteiger partial charge in [-0.1, -0.05) is 12.1 Å². The molecule has 0 saturated carbocycles. The van der Waals surface area contributed by atoms with Gasteiger partial charge in [-0.3, -0.25) is 0 Å². The first-order valence-electron chi connectivity index (χ1n) is 6.04. The molecule has 0 spiro atoms. The molecule has 18 heavy (non-hydrogen) atoms. The van der Waals surface area contributed by atoms with Gasteiger partial charge in [0, 0.05) is 12.8 Å². The van der Waals surface area contributed by atoms with E-state index in [0.29, 0.717) is 12.8 Å². The smallest absolute Gasteiger partial charge is 0.115 e. The molecule has 3 heteroatoms. The summed E-state index contributed by atoms with van der Waals surface area (Å²) in [6.07, 6.45) is 1.86. The van der Waals surface area contributed by atoms with Crippen molar-refractivity contribution in [3.8, 4) is 5.75 Å². The molecule has 3 N–H and O–H groups in total. The van der Waals surface area contributed by atoms with Crippen molar-refractivity contribution in [3.05, 3.63) is 47.2 Å². The quantitative estimate of drug-likeness (QED) is 0.702. The molecule has 0 unspecified atom stereocenters. The molecule has 0 radical (unpaired) electrons. The molecule has 0 fully saturated rings. The molecule has 2 atom stereocenters. The molecule has 0 aromatic heterocycles. The second-order valence-corrected chi connectivity index (χ2v) is 4.52. The fourth-order valence-electron chi connectivity index (χ4n) is 1.68. The minimum atomic E-state index is -0.600. The Morgan fingerprint density at radius 1 is 1.28 bits per heavy atom. The zero-order chi connectivity index (χ0) is 13.5. The molecule has 0 aliphatic carbocycles. The van der Waals surface area contributed by atoms with E-state index in [0.717, 1.165) is 11.1 Å². The van der Waals surface area contributed by atoms with Gasteiger partial charge in [0.1, 0.15) is 5.75 Å². The van der Waals surface area contributed by atoms with Crippen LogP contribution in [0.3, 0.4) is 0 Å². The zero-order valence-corrected chi connectivity index (χ0v) is 10.8. The second-order valence-electron chi connectivity index (χ2n) is 4.52. The number of phenolic OH excluding ortho intramolecular Hbond substituents is 1. The summed E-state index contributed by atoms with van der Waals surface area (Å²) in [7, 11) is 0. The van der Waals surface area contributed by atoms with Gasteiger partial charge < -0.3 is 15.3 Å². The van der Waals surface area contributed by atoms with Gasteiger partial charge in [0.25, 0.3) is 0 Å². The van der Waals surface area contributed by atoms with Gasteiger partial charge in [0.05, 0.1) is 12.2 Å². The van der Waals surface area contributed by atoms with Crippen molar-refractivity contribution in [1.82, 2.24) is 0 Å². The van der Waals surface area contributed by atoms with Crippen LogP contribution < -0.4 is 0 Å². The van der Waals surface area contributed by atoms with E-state index in [1.807, 2.05) is 6.92 Å². The highest BCUT2D eigenvalue weighted by Crippen LogP contribution is 2.19. The molecular weight excluding hydrogens is 228 g/mol. The molecule has 0 bridgehead atoms. The fourth-order valence-corrected chi connectivity index (χ4v) is 1.68. The lowest BCUT2D eigenvalue weighted by Crippen LogP contribution is -1.98. The van der Waals surface area contributed by atoms with Gasteiger partial charge in [-0.2, -0.15) is 0 Å². The van der Waals surface area contributed by atoms with Crippen LogP contribution in [0.5, 0.6) is 5.75 Å². The molecule has 0 aliphatic rings. The molecule has 1 rings (SSSR count). The first-order valence-corrected chi connectivity index (χ1v) is 6.04. The van der Waals surface area contributed by atoms with Crippen LogP contribution in [-0.2, 0) is 0 Å². The van der Waals surface area contributed by atoms with E-state index in [4.69, 9.17) is 5.11 Å². The largest absolute Gasteiger partial charge is 0.508 e. The summed E-state index contributed by atoms with van der Waals surface area (Å²) >= 11 is 0. The molecule has 0 amide bonds. The summed E-state index contributed by atoms with van der Waals surface area (Å²) in [4.78, 5) is 0. The maximum absolute atomic E-state index is 9.89. The number of hydrogen-bond acceptors (Lipinski definition) is 3. The number of benzene rings is 1. The third-order valence-electron chi connectivity index (χ3n) is 2.57.